The van der Waals surface area contributed by atoms with Gasteiger partial charge in [-0.1, -0.05) is 30.3 Å². The fraction of sp³-hybridized carbons (Fsp3) is 0.571. The van der Waals surface area contributed by atoms with Crippen LogP contribution >= 0.6 is 0 Å². The highest BCUT2D eigenvalue weighted by Crippen LogP contribution is 2.03. The molecule has 0 saturated heterocycles. The molecule has 0 saturated carbocycles. The summed E-state index contributed by atoms with van der Waals surface area (Å²) in [7, 11) is 0. The summed E-state index contributed by atoms with van der Waals surface area (Å²) >= 11 is 0. The summed E-state index contributed by atoms with van der Waals surface area (Å²) in [6.45, 7) is 0.753. The maximum Gasteiger partial charge on any atom is 0.0894 e. The Morgan fingerprint density at radius 1 is 1.12 bits per heavy atom. The molecule has 0 aliphatic heterocycles. The molecule has 17 heavy (non-hydrogen) atoms. The highest BCUT2D eigenvalue weighted by molar-refractivity contribution is 5.15. The van der Waals surface area contributed by atoms with E-state index in [1.807, 2.05) is 18.2 Å². The Bertz CT molecular complexity index is 279. The Kier molecular flexibility index (Phi) is 7.60. The van der Waals surface area contributed by atoms with Gasteiger partial charge in [0.25, 0.3) is 0 Å². The lowest BCUT2D eigenvalue weighted by atomic mass is 10.1. The second-order valence-corrected chi connectivity index (χ2v) is 4.27. The van der Waals surface area contributed by atoms with E-state index in [1.54, 1.807) is 0 Å². The van der Waals surface area contributed by atoms with E-state index in [-0.39, 0.29) is 19.3 Å². The molecular formula is C14H22FNO. The third-order valence-electron chi connectivity index (χ3n) is 2.79. The smallest absolute Gasteiger partial charge is 0.0894 e. The number of alkyl halides is 1. The van der Waals surface area contributed by atoms with Crippen molar-refractivity contribution < 1.29 is 9.50 Å². The topological polar surface area (TPSA) is 32.3 Å². The SMILES string of the molecule is OCC(Cc1ccccc1)NCCCCCF. The maximum atomic E-state index is 11.9. The molecule has 2 N–H and O–H groups in total. The molecule has 1 aromatic rings. The van der Waals surface area contributed by atoms with Gasteiger partial charge in [-0.25, -0.2) is 0 Å². The average Bonchev–Trinajstić information content (AvgIpc) is 2.38. The van der Waals surface area contributed by atoms with Gasteiger partial charge in [0.2, 0.25) is 0 Å². The molecule has 0 aliphatic rings. The number of aliphatic hydroxyl groups is 1. The summed E-state index contributed by atoms with van der Waals surface area (Å²) in [5.41, 5.74) is 1.22. The first-order valence-corrected chi connectivity index (χ1v) is 6.31. The van der Waals surface area contributed by atoms with Crippen molar-refractivity contribution >= 4 is 0 Å². The van der Waals surface area contributed by atoms with Crippen molar-refractivity contribution in [3.05, 3.63) is 35.9 Å². The summed E-state index contributed by atoms with van der Waals surface area (Å²) in [5.74, 6) is 0. The van der Waals surface area contributed by atoms with Gasteiger partial charge >= 0.3 is 0 Å². The number of nitrogens with one attached hydrogen (secondary N) is 1. The molecule has 0 radical (unpaired) electrons. The lowest BCUT2D eigenvalue weighted by molar-refractivity contribution is 0.241. The Balaban J connectivity index is 2.20. The van der Waals surface area contributed by atoms with Gasteiger partial charge in [-0.3, -0.25) is 4.39 Å². The monoisotopic (exact) mass is 239 g/mol. The Labute approximate surface area is 103 Å². The Morgan fingerprint density at radius 3 is 2.53 bits per heavy atom. The van der Waals surface area contributed by atoms with Crippen molar-refractivity contribution in [1.29, 1.82) is 0 Å². The number of hydrogen-bond acceptors (Lipinski definition) is 2. The van der Waals surface area contributed by atoms with E-state index >= 15 is 0 Å². The minimum absolute atomic E-state index is 0.0998. The van der Waals surface area contributed by atoms with E-state index in [0.717, 1.165) is 25.8 Å². The molecule has 2 nitrogen and oxygen atoms in total. The number of benzene rings is 1. The predicted molar refractivity (Wildman–Crippen MR) is 68.8 cm³/mol. The van der Waals surface area contributed by atoms with Gasteiger partial charge in [0, 0.05) is 6.04 Å². The van der Waals surface area contributed by atoms with E-state index in [4.69, 9.17) is 0 Å². The zero-order valence-corrected chi connectivity index (χ0v) is 10.2. The average molecular weight is 239 g/mol. The van der Waals surface area contributed by atoms with Crippen molar-refractivity contribution in [3.8, 4) is 0 Å². The quantitative estimate of drug-likeness (QED) is 0.648. The molecule has 1 rings (SSSR count). The highest BCUT2D eigenvalue weighted by Gasteiger charge is 2.06. The van der Waals surface area contributed by atoms with Crippen LogP contribution in [0.15, 0.2) is 30.3 Å². The Hall–Kier alpha value is -0.930. The van der Waals surface area contributed by atoms with Gasteiger partial charge in [0.1, 0.15) is 0 Å². The molecular weight excluding hydrogens is 217 g/mol. The minimum atomic E-state index is -0.229. The highest BCUT2D eigenvalue weighted by atomic mass is 19.1. The summed E-state index contributed by atoms with van der Waals surface area (Å²) in [5, 5.41) is 12.6. The van der Waals surface area contributed by atoms with Gasteiger partial charge in [-0.15, -0.1) is 0 Å². The number of unbranched alkanes of at least 4 members (excludes halogenated alkanes) is 2. The van der Waals surface area contributed by atoms with E-state index < -0.39 is 0 Å². The van der Waals surface area contributed by atoms with Gasteiger partial charge in [-0.2, -0.15) is 0 Å². The number of halogens is 1. The molecule has 0 aromatic heterocycles. The Morgan fingerprint density at radius 2 is 1.88 bits per heavy atom. The summed E-state index contributed by atoms with van der Waals surface area (Å²) in [6, 6.07) is 10.2. The molecule has 96 valence electrons. The van der Waals surface area contributed by atoms with Crippen LogP contribution in [-0.2, 0) is 6.42 Å². The first-order chi connectivity index (χ1) is 8.36. The van der Waals surface area contributed by atoms with Gasteiger partial charge in [-0.05, 0) is 37.8 Å². The second kappa shape index (κ2) is 9.14. The van der Waals surface area contributed by atoms with Crippen molar-refractivity contribution in [1.82, 2.24) is 5.32 Å². The molecule has 0 bridgehead atoms. The number of rotatable bonds is 9. The van der Waals surface area contributed by atoms with Crippen LogP contribution in [0.5, 0.6) is 0 Å². The molecule has 0 fully saturated rings. The van der Waals surface area contributed by atoms with Crippen LogP contribution in [0.2, 0.25) is 0 Å². The largest absolute Gasteiger partial charge is 0.395 e. The maximum absolute atomic E-state index is 11.9. The van der Waals surface area contributed by atoms with Crippen LogP contribution in [-0.4, -0.2) is 31.0 Å². The van der Waals surface area contributed by atoms with Gasteiger partial charge in [0.15, 0.2) is 0 Å². The first kappa shape index (κ1) is 14.1. The fourth-order valence-electron chi connectivity index (χ4n) is 1.80. The van der Waals surface area contributed by atoms with Crippen molar-refractivity contribution in [2.24, 2.45) is 0 Å². The zero-order valence-electron chi connectivity index (χ0n) is 10.2. The van der Waals surface area contributed by atoms with Gasteiger partial charge in [0.05, 0.1) is 13.3 Å². The van der Waals surface area contributed by atoms with Crippen molar-refractivity contribution in [3.63, 3.8) is 0 Å². The lowest BCUT2D eigenvalue weighted by Crippen LogP contribution is -2.35. The molecule has 3 heteroatoms. The van der Waals surface area contributed by atoms with Crippen LogP contribution in [0.1, 0.15) is 24.8 Å². The molecule has 1 unspecified atom stereocenters. The first-order valence-electron chi connectivity index (χ1n) is 6.31. The molecule has 0 heterocycles. The number of aliphatic hydroxyl groups excluding tert-OH is 1. The van der Waals surface area contributed by atoms with Crippen LogP contribution < -0.4 is 5.32 Å². The fourth-order valence-corrected chi connectivity index (χ4v) is 1.80. The van der Waals surface area contributed by atoms with Gasteiger partial charge < -0.3 is 10.4 Å². The van der Waals surface area contributed by atoms with E-state index in [1.165, 1.54) is 5.56 Å². The molecule has 0 amide bonds. The summed E-state index contributed by atoms with van der Waals surface area (Å²) in [6.07, 6.45) is 3.35. The minimum Gasteiger partial charge on any atom is -0.395 e. The lowest BCUT2D eigenvalue weighted by Gasteiger charge is -2.16. The van der Waals surface area contributed by atoms with Crippen LogP contribution in [0.4, 0.5) is 4.39 Å². The predicted octanol–water partition coefficient (Wildman–Crippen LogP) is 2.32. The molecule has 0 aliphatic carbocycles. The zero-order chi connectivity index (χ0) is 12.3. The molecule has 0 spiro atoms. The van der Waals surface area contributed by atoms with Crippen molar-refractivity contribution in [2.75, 3.05) is 19.8 Å². The molecule has 1 atom stereocenters. The van der Waals surface area contributed by atoms with Crippen LogP contribution in [0.3, 0.4) is 0 Å². The standard InChI is InChI=1S/C14H22FNO/c15-9-5-2-6-10-16-14(12-17)11-13-7-3-1-4-8-13/h1,3-4,7-8,14,16-17H,2,5-6,9-12H2. The summed E-state index contributed by atoms with van der Waals surface area (Å²) < 4.78 is 11.9. The number of hydrogen-bond donors (Lipinski definition) is 2. The third-order valence-corrected chi connectivity index (χ3v) is 2.79. The van der Waals surface area contributed by atoms with E-state index in [0.29, 0.717) is 6.42 Å². The van der Waals surface area contributed by atoms with E-state index in [9.17, 15) is 9.50 Å². The van der Waals surface area contributed by atoms with E-state index in [2.05, 4.69) is 17.4 Å². The van der Waals surface area contributed by atoms with Crippen molar-refractivity contribution in [2.45, 2.75) is 31.7 Å². The normalized spacial score (nSPS) is 12.6. The van der Waals surface area contributed by atoms with Crippen LogP contribution in [0.25, 0.3) is 0 Å². The molecule has 1 aromatic carbocycles. The van der Waals surface area contributed by atoms with Crippen LogP contribution in [0, 0.1) is 0 Å². The summed E-state index contributed by atoms with van der Waals surface area (Å²) in [4.78, 5) is 0. The second-order valence-electron chi connectivity index (χ2n) is 4.27. The third kappa shape index (κ3) is 6.39.